The Hall–Kier alpha value is -3.06. The Labute approximate surface area is 179 Å². The van der Waals surface area contributed by atoms with Crippen LogP contribution in [-0.2, 0) is 6.42 Å². The number of likely N-dealkylation sites (N-methyl/N-ethyl adjacent to an activating group) is 1. The van der Waals surface area contributed by atoms with Crippen molar-refractivity contribution in [3.63, 3.8) is 0 Å². The van der Waals surface area contributed by atoms with E-state index in [-0.39, 0.29) is 17.0 Å². The van der Waals surface area contributed by atoms with Gasteiger partial charge in [-0.2, -0.15) is 5.10 Å². The molecule has 0 spiro atoms. The maximum absolute atomic E-state index is 14.6. The van der Waals surface area contributed by atoms with Crippen molar-refractivity contribution in [2.75, 3.05) is 26.7 Å². The van der Waals surface area contributed by atoms with Crippen LogP contribution in [-0.4, -0.2) is 58.6 Å². The number of amides is 1. The van der Waals surface area contributed by atoms with Gasteiger partial charge in [0, 0.05) is 30.9 Å². The molecule has 2 atom stereocenters. The summed E-state index contributed by atoms with van der Waals surface area (Å²) in [5.41, 5.74) is 1.33. The number of halogens is 1. The van der Waals surface area contributed by atoms with Crippen LogP contribution < -0.4 is 5.56 Å². The van der Waals surface area contributed by atoms with Gasteiger partial charge >= 0.3 is 0 Å². The molecule has 2 fully saturated rings. The number of aromatic amines is 1. The van der Waals surface area contributed by atoms with E-state index in [0.29, 0.717) is 42.6 Å². The van der Waals surface area contributed by atoms with Crippen LogP contribution >= 0.6 is 0 Å². The van der Waals surface area contributed by atoms with Gasteiger partial charge in [0.1, 0.15) is 5.82 Å². The summed E-state index contributed by atoms with van der Waals surface area (Å²) in [6, 6.07) is 12.3. The lowest BCUT2D eigenvalue weighted by molar-refractivity contribution is 0.0776. The number of likely N-dealkylation sites (tertiary alicyclic amines) is 2. The van der Waals surface area contributed by atoms with Crippen LogP contribution in [0.5, 0.6) is 0 Å². The first kappa shape index (κ1) is 19.9. The highest BCUT2D eigenvalue weighted by Gasteiger charge is 2.39. The fourth-order valence-electron chi connectivity index (χ4n) is 5.09. The molecule has 3 aromatic rings. The van der Waals surface area contributed by atoms with E-state index in [1.54, 1.807) is 29.2 Å². The molecule has 2 saturated heterocycles. The second-order valence-electron chi connectivity index (χ2n) is 8.70. The highest BCUT2D eigenvalue weighted by Crippen LogP contribution is 2.31. The van der Waals surface area contributed by atoms with Gasteiger partial charge in [0.15, 0.2) is 0 Å². The van der Waals surface area contributed by atoms with Crippen molar-refractivity contribution < 1.29 is 9.18 Å². The average Bonchev–Trinajstić information content (AvgIpc) is 3.22. The molecule has 1 amide bonds. The first-order valence-corrected chi connectivity index (χ1v) is 10.8. The Kier molecular flexibility index (Phi) is 5.06. The van der Waals surface area contributed by atoms with Gasteiger partial charge in [-0.3, -0.25) is 9.59 Å². The van der Waals surface area contributed by atoms with Crippen LogP contribution in [0.15, 0.2) is 47.3 Å². The van der Waals surface area contributed by atoms with Crippen LogP contribution in [0.25, 0.3) is 10.8 Å². The lowest BCUT2D eigenvalue weighted by Crippen LogP contribution is -2.42. The highest BCUT2D eigenvalue weighted by molar-refractivity contribution is 5.95. The van der Waals surface area contributed by atoms with Crippen LogP contribution in [0.3, 0.4) is 0 Å². The van der Waals surface area contributed by atoms with Crippen molar-refractivity contribution in [3.05, 3.63) is 75.5 Å². The molecule has 7 heteroatoms. The molecular formula is C24H25FN4O2. The standard InChI is InChI=1S/C24H25FN4O2/c1-28-10-4-5-16-13-29(14-22(16)28)24(31)19-11-15(8-9-20(19)25)12-21-17-6-2-3-7-18(17)23(30)27-26-21/h2-3,6-9,11,16,22H,4-5,10,12-14H2,1H3,(H,27,30)/t16-,22+/m0/s1. The van der Waals surface area contributed by atoms with Gasteiger partial charge in [-0.05, 0) is 56.1 Å². The number of nitrogens with zero attached hydrogens (tertiary/aromatic N) is 3. The van der Waals surface area contributed by atoms with Crippen molar-refractivity contribution >= 4 is 16.7 Å². The third-order valence-corrected chi connectivity index (χ3v) is 6.75. The molecule has 2 aliphatic heterocycles. The molecule has 0 bridgehead atoms. The molecule has 0 radical (unpaired) electrons. The van der Waals surface area contributed by atoms with Crippen LogP contribution in [0.1, 0.15) is 34.5 Å². The lowest BCUT2D eigenvalue weighted by Gasteiger charge is -2.33. The van der Waals surface area contributed by atoms with E-state index >= 15 is 0 Å². The minimum atomic E-state index is -0.503. The summed E-state index contributed by atoms with van der Waals surface area (Å²) in [5.74, 6) is -0.289. The van der Waals surface area contributed by atoms with E-state index in [9.17, 15) is 14.0 Å². The van der Waals surface area contributed by atoms with Crippen molar-refractivity contribution in [3.8, 4) is 0 Å². The monoisotopic (exact) mass is 420 g/mol. The molecule has 1 aromatic heterocycles. The van der Waals surface area contributed by atoms with Gasteiger partial charge < -0.3 is 9.80 Å². The maximum Gasteiger partial charge on any atom is 0.272 e. The summed E-state index contributed by atoms with van der Waals surface area (Å²) in [5, 5.41) is 8.05. The summed E-state index contributed by atoms with van der Waals surface area (Å²) >= 11 is 0. The number of carbonyl (C=O) groups excluding carboxylic acids is 1. The molecule has 3 heterocycles. The van der Waals surface area contributed by atoms with Crippen LogP contribution in [0.4, 0.5) is 4.39 Å². The molecule has 1 N–H and O–H groups in total. The topological polar surface area (TPSA) is 69.3 Å². The van der Waals surface area contributed by atoms with Crippen LogP contribution in [0, 0.1) is 11.7 Å². The second-order valence-corrected chi connectivity index (χ2v) is 8.70. The molecule has 5 rings (SSSR count). The predicted molar refractivity (Wildman–Crippen MR) is 117 cm³/mol. The van der Waals surface area contributed by atoms with Crippen molar-refractivity contribution in [2.24, 2.45) is 5.92 Å². The number of benzene rings is 2. The SMILES string of the molecule is CN1CCC[C@H]2CN(C(=O)c3cc(Cc4n[nH]c(=O)c5ccccc45)ccc3F)C[C@H]21. The van der Waals surface area contributed by atoms with Gasteiger partial charge in [0.25, 0.3) is 11.5 Å². The zero-order valence-electron chi connectivity index (χ0n) is 17.5. The second kappa shape index (κ2) is 7.89. The molecule has 31 heavy (non-hydrogen) atoms. The zero-order valence-corrected chi connectivity index (χ0v) is 17.5. The fraction of sp³-hybridized carbons (Fsp3) is 0.375. The van der Waals surface area contributed by atoms with E-state index in [1.165, 1.54) is 6.07 Å². The predicted octanol–water partition coefficient (Wildman–Crippen LogP) is 2.82. The zero-order chi connectivity index (χ0) is 21.5. The van der Waals surface area contributed by atoms with Crippen molar-refractivity contribution in [2.45, 2.75) is 25.3 Å². The number of fused-ring (bicyclic) bond motifs is 2. The van der Waals surface area contributed by atoms with E-state index in [4.69, 9.17) is 0 Å². The smallest absolute Gasteiger partial charge is 0.272 e. The molecule has 0 unspecified atom stereocenters. The summed E-state index contributed by atoms with van der Waals surface area (Å²) in [7, 11) is 2.10. The lowest BCUT2D eigenvalue weighted by atomic mass is 9.93. The van der Waals surface area contributed by atoms with Crippen molar-refractivity contribution in [1.82, 2.24) is 20.0 Å². The molecule has 0 saturated carbocycles. The summed E-state index contributed by atoms with van der Waals surface area (Å²) < 4.78 is 14.6. The molecule has 6 nitrogen and oxygen atoms in total. The Bertz CT molecular complexity index is 1210. The highest BCUT2D eigenvalue weighted by atomic mass is 19.1. The fourth-order valence-corrected chi connectivity index (χ4v) is 5.09. The number of H-pyrrole nitrogens is 1. The minimum absolute atomic E-state index is 0.104. The Morgan fingerprint density at radius 1 is 1.19 bits per heavy atom. The molecule has 0 aliphatic carbocycles. The first-order chi connectivity index (χ1) is 15.0. The molecule has 2 aromatic carbocycles. The number of hydrogen-bond acceptors (Lipinski definition) is 4. The van der Waals surface area contributed by atoms with Gasteiger partial charge in [-0.1, -0.05) is 24.3 Å². The van der Waals surface area contributed by atoms with Gasteiger partial charge in [0.2, 0.25) is 0 Å². The Morgan fingerprint density at radius 3 is 2.81 bits per heavy atom. The third-order valence-electron chi connectivity index (χ3n) is 6.75. The Morgan fingerprint density at radius 2 is 2.00 bits per heavy atom. The van der Waals surface area contributed by atoms with Gasteiger partial charge in [-0.15, -0.1) is 0 Å². The van der Waals surface area contributed by atoms with E-state index in [0.717, 1.165) is 30.3 Å². The van der Waals surface area contributed by atoms with Crippen molar-refractivity contribution in [1.29, 1.82) is 0 Å². The normalized spacial score (nSPS) is 21.4. The molecule has 2 aliphatic rings. The average molecular weight is 420 g/mol. The number of piperidine rings is 1. The van der Waals surface area contributed by atoms with Crippen LogP contribution in [0.2, 0.25) is 0 Å². The number of hydrogen-bond donors (Lipinski definition) is 1. The first-order valence-electron chi connectivity index (χ1n) is 10.8. The molecular weight excluding hydrogens is 395 g/mol. The number of carbonyl (C=O) groups is 1. The maximum atomic E-state index is 14.6. The largest absolute Gasteiger partial charge is 0.337 e. The van der Waals surface area contributed by atoms with Gasteiger partial charge in [-0.25, -0.2) is 9.49 Å². The summed E-state index contributed by atoms with van der Waals surface area (Å²) in [4.78, 5) is 29.3. The van der Waals surface area contributed by atoms with E-state index in [1.807, 2.05) is 12.1 Å². The van der Waals surface area contributed by atoms with E-state index < -0.39 is 5.82 Å². The third kappa shape index (κ3) is 3.63. The Balaban J connectivity index is 1.42. The quantitative estimate of drug-likeness (QED) is 0.708. The number of nitrogens with one attached hydrogen (secondary N) is 1. The summed E-state index contributed by atoms with van der Waals surface area (Å²) in [6.07, 6.45) is 2.65. The van der Waals surface area contributed by atoms with E-state index in [2.05, 4.69) is 22.1 Å². The molecule has 160 valence electrons. The number of rotatable bonds is 3. The minimum Gasteiger partial charge on any atom is -0.337 e. The number of aromatic nitrogens is 2. The van der Waals surface area contributed by atoms with Gasteiger partial charge in [0.05, 0.1) is 16.6 Å². The summed E-state index contributed by atoms with van der Waals surface area (Å²) in [6.45, 7) is 2.38.